The molecule has 0 aromatic rings. The maximum atomic E-state index is 13.3. The first-order valence-corrected chi connectivity index (χ1v) is 13.0. The van der Waals surface area contributed by atoms with Crippen LogP contribution in [0.4, 0.5) is 0 Å². The number of allylic oxidation sites excluding steroid dienone is 1. The van der Waals surface area contributed by atoms with Crippen LogP contribution in [0.3, 0.4) is 0 Å². The van der Waals surface area contributed by atoms with E-state index in [-0.39, 0.29) is 36.4 Å². The average molecular weight is 482 g/mol. The van der Waals surface area contributed by atoms with Gasteiger partial charge in [-0.15, -0.1) is 0 Å². The zero-order chi connectivity index (χ0) is 25.5. The van der Waals surface area contributed by atoms with E-state index in [4.69, 9.17) is 0 Å². The third kappa shape index (κ3) is 3.73. The highest BCUT2D eigenvalue weighted by molar-refractivity contribution is 5.95. The van der Waals surface area contributed by atoms with E-state index in [1.54, 1.807) is 26.8 Å². The van der Waals surface area contributed by atoms with Crippen LogP contribution in [0.1, 0.15) is 86.0 Å². The number of aliphatic hydroxyl groups excluding tert-OH is 3. The van der Waals surface area contributed by atoms with E-state index in [1.807, 2.05) is 13.8 Å². The van der Waals surface area contributed by atoms with Crippen LogP contribution in [0.2, 0.25) is 0 Å². The fourth-order valence-corrected chi connectivity index (χ4v) is 8.36. The van der Waals surface area contributed by atoms with E-state index in [1.165, 1.54) is 0 Å². The molecule has 34 heavy (non-hydrogen) atoms. The van der Waals surface area contributed by atoms with E-state index >= 15 is 0 Å². The maximum Gasteiger partial charge on any atom is 0.192 e. The molecular formula is C27H45O7+. The van der Waals surface area contributed by atoms with E-state index in [2.05, 4.69) is 0 Å². The summed E-state index contributed by atoms with van der Waals surface area (Å²) < 4.78 is 0. The molecule has 0 aromatic carbocycles. The second kappa shape index (κ2) is 8.09. The molecule has 7 N–H and O–H groups in total. The average Bonchev–Trinajstić information content (AvgIpc) is 3.00. The number of carbonyl (C=O) groups is 1. The largest absolute Gasteiger partial charge is 0.437 e. The summed E-state index contributed by atoms with van der Waals surface area (Å²) in [5.41, 5.74) is -3.70. The minimum Gasteiger partial charge on any atom is -0.437 e. The zero-order valence-electron chi connectivity index (χ0n) is 21.3. The predicted octanol–water partition coefficient (Wildman–Crippen LogP) is 1.59. The highest BCUT2D eigenvalue weighted by Gasteiger charge is 2.72. The Labute approximate surface area is 202 Å². The third-order valence-corrected chi connectivity index (χ3v) is 10.6. The molecule has 0 aliphatic heterocycles. The Bertz CT molecular complexity index is 860. The van der Waals surface area contributed by atoms with Crippen molar-refractivity contribution in [3.63, 3.8) is 0 Å². The lowest BCUT2D eigenvalue weighted by Crippen LogP contribution is -2.62. The van der Waals surface area contributed by atoms with Gasteiger partial charge in [0.15, 0.2) is 11.4 Å². The molecule has 4 aliphatic carbocycles. The lowest BCUT2D eigenvalue weighted by Gasteiger charge is -2.58. The van der Waals surface area contributed by atoms with Gasteiger partial charge in [0.05, 0.1) is 34.9 Å². The van der Waals surface area contributed by atoms with Crippen LogP contribution in [0, 0.1) is 28.6 Å². The normalized spacial score (nSPS) is 47.2. The Kier molecular flexibility index (Phi) is 6.24. The van der Waals surface area contributed by atoms with Crippen molar-refractivity contribution in [2.45, 2.75) is 121 Å². The molecule has 7 heteroatoms. The second-order valence-electron chi connectivity index (χ2n) is 13.2. The zero-order valence-corrected chi connectivity index (χ0v) is 21.3. The van der Waals surface area contributed by atoms with E-state index in [9.17, 15) is 35.4 Å². The summed E-state index contributed by atoms with van der Waals surface area (Å²) in [6.07, 6.45) is 2.60. The molecule has 3 saturated carbocycles. The van der Waals surface area contributed by atoms with Gasteiger partial charge >= 0.3 is 0 Å². The van der Waals surface area contributed by atoms with Gasteiger partial charge in [-0.1, -0.05) is 13.8 Å². The molecule has 0 radical (unpaired) electrons. The van der Waals surface area contributed by atoms with Crippen molar-refractivity contribution in [2.75, 3.05) is 0 Å². The molecule has 3 fully saturated rings. The minimum absolute atomic E-state index is 0.0215. The summed E-state index contributed by atoms with van der Waals surface area (Å²) in [6.45, 7) is 9.10. The first-order valence-electron chi connectivity index (χ1n) is 13.0. The quantitative estimate of drug-likeness (QED) is 0.378. The minimum atomic E-state index is -1.42. The summed E-state index contributed by atoms with van der Waals surface area (Å²) in [7, 11) is 0. The number of hydrogen-bond acceptors (Lipinski definition) is 6. The van der Waals surface area contributed by atoms with Crippen LogP contribution in [-0.2, 0) is 4.79 Å². The van der Waals surface area contributed by atoms with Gasteiger partial charge in [-0.3, -0.25) is 4.79 Å². The maximum absolute atomic E-state index is 13.3. The summed E-state index contributed by atoms with van der Waals surface area (Å²) in [5.74, 6) is -0.755. The van der Waals surface area contributed by atoms with Crippen LogP contribution in [0.5, 0.6) is 0 Å². The van der Waals surface area contributed by atoms with E-state index < -0.39 is 45.9 Å². The van der Waals surface area contributed by atoms with E-state index in [0.717, 1.165) is 12.0 Å². The van der Waals surface area contributed by atoms with Crippen molar-refractivity contribution in [2.24, 2.45) is 28.6 Å². The Hall–Kier alpha value is -0.830. The number of hydrogen-bond donors (Lipinski definition) is 5. The van der Waals surface area contributed by atoms with Gasteiger partial charge in [0.1, 0.15) is 0 Å². The van der Waals surface area contributed by atoms with Gasteiger partial charge in [-0.2, -0.15) is 0 Å². The SMILES string of the molecule is CC(C)(O)CCC(O)C(C)(O)C1CCC2([OH2+])C3=CC(=O)C4CC(O)C(O)CC4(C)C3CCC12C. The van der Waals surface area contributed by atoms with E-state index in [0.29, 0.717) is 32.1 Å². The molecule has 0 heterocycles. The Balaban J connectivity index is 1.66. The van der Waals surface area contributed by atoms with Gasteiger partial charge in [0, 0.05) is 23.8 Å². The Morgan fingerprint density at radius 2 is 1.74 bits per heavy atom. The molecule has 194 valence electrons. The highest BCUT2D eigenvalue weighted by atomic mass is 16.3. The van der Waals surface area contributed by atoms with Gasteiger partial charge in [0.25, 0.3) is 0 Å². The summed E-state index contributed by atoms with van der Waals surface area (Å²) in [5, 5.41) is 63.1. The molecule has 0 spiro atoms. The molecular weight excluding hydrogens is 436 g/mol. The van der Waals surface area contributed by atoms with Crippen LogP contribution in [0.25, 0.3) is 0 Å². The van der Waals surface area contributed by atoms with Crippen LogP contribution < -0.4 is 0 Å². The molecule has 4 aliphatic rings. The molecule has 0 aromatic heterocycles. The number of carbonyl (C=O) groups excluding carboxylic acids is 1. The lowest BCUT2D eigenvalue weighted by atomic mass is 9.45. The lowest BCUT2D eigenvalue weighted by molar-refractivity contribution is -0.177. The fraction of sp³-hybridized carbons (Fsp3) is 0.889. The van der Waals surface area contributed by atoms with Crippen molar-refractivity contribution in [1.82, 2.24) is 0 Å². The number of ketones is 1. The monoisotopic (exact) mass is 481 g/mol. The van der Waals surface area contributed by atoms with Crippen LogP contribution in [0.15, 0.2) is 11.6 Å². The number of fused-ring (bicyclic) bond motifs is 5. The summed E-state index contributed by atoms with van der Waals surface area (Å²) in [4.78, 5) is 13.3. The van der Waals surface area contributed by atoms with Crippen molar-refractivity contribution in [1.29, 1.82) is 0 Å². The van der Waals surface area contributed by atoms with Gasteiger partial charge < -0.3 is 30.6 Å². The second-order valence-corrected chi connectivity index (χ2v) is 13.2. The first kappa shape index (κ1) is 26.2. The topological polar surface area (TPSA) is 141 Å². The molecule has 10 unspecified atom stereocenters. The first-order chi connectivity index (χ1) is 15.5. The van der Waals surface area contributed by atoms with Gasteiger partial charge in [-0.05, 0) is 83.1 Å². The predicted molar refractivity (Wildman–Crippen MR) is 128 cm³/mol. The summed E-state index contributed by atoms with van der Waals surface area (Å²) in [6, 6.07) is 0. The van der Waals surface area contributed by atoms with Crippen molar-refractivity contribution < 1.29 is 35.4 Å². The van der Waals surface area contributed by atoms with Crippen molar-refractivity contribution in [3.05, 3.63) is 11.6 Å². The fourth-order valence-electron chi connectivity index (χ4n) is 8.36. The molecule has 7 nitrogen and oxygen atoms in total. The van der Waals surface area contributed by atoms with Crippen LogP contribution in [-0.4, -0.2) is 71.5 Å². The van der Waals surface area contributed by atoms with Crippen molar-refractivity contribution >= 4 is 5.78 Å². The standard InChI is InChI=1S/C27H44O7/c1-23(2,32)9-8-22(31)26(5,33)21-7-11-27(34)16-12-18(28)17-13-19(29)20(30)14-24(17,3)15(16)6-10-25(21,27)4/h12,15,17,19-22,29-34H,6-11,13-14H2,1-5H3/p+1. The highest BCUT2D eigenvalue weighted by Crippen LogP contribution is 2.68. The van der Waals surface area contributed by atoms with Crippen LogP contribution >= 0.6 is 0 Å². The molecule has 10 atom stereocenters. The molecule has 0 amide bonds. The van der Waals surface area contributed by atoms with Gasteiger partial charge in [-0.25, -0.2) is 0 Å². The molecule has 4 rings (SSSR count). The molecule has 0 bridgehead atoms. The number of rotatable bonds is 5. The smallest absolute Gasteiger partial charge is 0.192 e. The third-order valence-electron chi connectivity index (χ3n) is 10.6. The van der Waals surface area contributed by atoms with Gasteiger partial charge in [0.2, 0.25) is 0 Å². The molecule has 0 saturated heterocycles. The Morgan fingerprint density at radius 3 is 2.35 bits per heavy atom. The Morgan fingerprint density at radius 1 is 1.09 bits per heavy atom. The number of aliphatic hydroxyl groups is 5. The van der Waals surface area contributed by atoms with Crippen molar-refractivity contribution in [3.8, 4) is 0 Å². The summed E-state index contributed by atoms with van der Waals surface area (Å²) >= 11 is 0.